The zero-order chi connectivity index (χ0) is 18.7. The molecule has 0 aliphatic heterocycles. The number of likely N-dealkylation sites (N-methyl/N-ethyl adjacent to an activating group) is 1. The lowest BCUT2D eigenvalue weighted by molar-refractivity contribution is -0.856. The average molecular weight is 369 g/mol. The summed E-state index contributed by atoms with van der Waals surface area (Å²) < 4.78 is 1.14. The van der Waals surface area contributed by atoms with Gasteiger partial charge in [0.25, 0.3) is 5.91 Å². The molecule has 136 valence electrons. The van der Waals surface area contributed by atoms with Gasteiger partial charge in [-0.3, -0.25) is 9.69 Å². The van der Waals surface area contributed by atoms with Gasteiger partial charge < -0.3 is 4.90 Å². The Morgan fingerprint density at radius 1 is 1.15 bits per heavy atom. The van der Waals surface area contributed by atoms with Crippen LogP contribution in [0.2, 0.25) is 0 Å². The smallest absolute Gasteiger partial charge is 0.260 e. The molecule has 4 nitrogen and oxygen atoms in total. The van der Waals surface area contributed by atoms with Gasteiger partial charge in [-0.25, -0.2) is 4.98 Å². The van der Waals surface area contributed by atoms with E-state index in [9.17, 15) is 4.79 Å². The molecule has 0 saturated carbocycles. The van der Waals surface area contributed by atoms with Crippen LogP contribution in [0.1, 0.15) is 28.4 Å². The number of carbonyl (C=O) groups is 1. The van der Waals surface area contributed by atoms with Gasteiger partial charge in [-0.2, -0.15) is 0 Å². The SMILES string of the molecule is CCc1ccc2nc(N(CC[NH+](C)C)C(=O)c3ccc(C)cc3)sc2c1. The third-order valence-corrected chi connectivity index (χ3v) is 5.50. The van der Waals surface area contributed by atoms with E-state index in [-0.39, 0.29) is 5.91 Å². The third kappa shape index (κ3) is 4.11. The van der Waals surface area contributed by atoms with Gasteiger partial charge in [0.2, 0.25) is 0 Å². The molecule has 0 aliphatic rings. The van der Waals surface area contributed by atoms with Crippen molar-refractivity contribution in [2.75, 3.05) is 32.1 Å². The summed E-state index contributed by atoms with van der Waals surface area (Å²) in [6, 6.07) is 14.1. The van der Waals surface area contributed by atoms with Gasteiger partial charge in [0.1, 0.15) is 0 Å². The lowest BCUT2D eigenvalue weighted by Crippen LogP contribution is -3.06. The summed E-state index contributed by atoms with van der Waals surface area (Å²) in [6.45, 7) is 5.69. The molecule has 3 rings (SSSR count). The minimum Gasteiger partial charge on any atom is -0.338 e. The molecule has 0 aliphatic carbocycles. The molecular weight excluding hydrogens is 342 g/mol. The summed E-state index contributed by atoms with van der Waals surface area (Å²) in [6.07, 6.45) is 0.999. The first-order chi connectivity index (χ1) is 12.5. The first kappa shape index (κ1) is 18.5. The monoisotopic (exact) mass is 368 g/mol. The van der Waals surface area contributed by atoms with Crippen molar-refractivity contribution >= 4 is 32.6 Å². The molecule has 0 spiro atoms. The van der Waals surface area contributed by atoms with Gasteiger partial charge in [-0.1, -0.05) is 42.0 Å². The molecule has 5 heteroatoms. The van der Waals surface area contributed by atoms with Crippen LogP contribution in [0.5, 0.6) is 0 Å². The Kier molecular flexibility index (Phi) is 5.69. The molecule has 0 fully saturated rings. The Morgan fingerprint density at radius 3 is 2.54 bits per heavy atom. The van der Waals surface area contributed by atoms with Crippen LogP contribution < -0.4 is 9.80 Å². The van der Waals surface area contributed by atoms with E-state index < -0.39 is 0 Å². The van der Waals surface area contributed by atoms with Crippen LogP contribution in [0, 0.1) is 6.92 Å². The van der Waals surface area contributed by atoms with E-state index in [4.69, 9.17) is 4.98 Å². The van der Waals surface area contributed by atoms with Gasteiger partial charge >= 0.3 is 0 Å². The number of quaternary nitrogens is 1. The lowest BCUT2D eigenvalue weighted by Gasteiger charge is -2.20. The Hall–Kier alpha value is -2.24. The van der Waals surface area contributed by atoms with Crippen molar-refractivity contribution in [2.24, 2.45) is 0 Å². The van der Waals surface area contributed by atoms with Crippen molar-refractivity contribution in [3.8, 4) is 0 Å². The topological polar surface area (TPSA) is 37.6 Å². The molecule has 1 N–H and O–H groups in total. The first-order valence-electron chi connectivity index (χ1n) is 9.05. The fourth-order valence-corrected chi connectivity index (χ4v) is 3.82. The number of benzene rings is 2. The van der Waals surface area contributed by atoms with E-state index in [1.165, 1.54) is 10.5 Å². The van der Waals surface area contributed by atoms with E-state index in [0.717, 1.165) is 33.9 Å². The third-order valence-electron chi connectivity index (χ3n) is 4.46. The summed E-state index contributed by atoms with van der Waals surface area (Å²) in [5, 5.41) is 0.778. The van der Waals surface area contributed by atoms with Crippen LogP contribution in [0.15, 0.2) is 42.5 Å². The first-order valence-corrected chi connectivity index (χ1v) is 9.86. The molecule has 0 atom stereocenters. The molecule has 1 aromatic heterocycles. The number of carbonyl (C=O) groups excluding carboxylic acids is 1. The summed E-state index contributed by atoms with van der Waals surface area (Å²) in [4.78, 5) is 21.0. The number of nitrogens with one attached hydrogen (secondary N) is 1. The molecule has 0 unspecified atom stereocenters. The molecular formula is C21H26N3OS+. The highest BCUT2D eigenvalue weighted by atomic mass is 32.1. The van der Waals surface area contributed by atoms with Gasteiger partial charge in [0.15, 0.2) is 5.13 Å². The number of hydrogen-bond acceptors (Lipinski definition) is 3. The number of amides is 1. The highest BCUT2D eigenvalue weighted by molar-refractivity contribution is 7.22. The average Bonchev–Trinajstić information content (AvgIpc) is 3.04. The number of fused-ring (bicyclic) bond motifs is 1. The second-order valence-electron chi connectivity index (χ2n) is 6.93. The summed E-state index contributed by atoms with van der Waals surface area (Å²) >= 11 is 1.60. The van der Waals surface area contributed by atoms with Crippen LogP contribution in [0.3, 0.4) is 0 Å². The second-order valence-corrected chi connectivity index (χ2v) is 7.94. The number of rotatable bonds is 6. The van der Waals surface area contributed by atoms with Crippen molar-refractivity contribution in [3.63, 3.8) is 0 Å². The number of thiazole rings is 1. The summed E-state index contributed by atoms with van der Waals surface area (Å²) in [7, 11) is 4.20. The highest BCUT2D eigenvalue weighted by Crippen LogP contribution is 2.30. The van der Waals surface area contributed by atoms with E-state index in [2.05, 4.69) is 39.2 Å². The number of hydrogen-bond donors (Lipinski definition) is 1. The fourth-order valence-electron chi connectivity index (χ4n) is 2.76. The van der Waals surface area contributed by atoms with E-state index >= 15 is 0 Å². The van der Waals surface area contributed by atoms with Crippen molar-refractivity contribution < 1.29 is 9.69 Å². The molecule has 0 bridgehead atoms. The van der Waals surface area contributed by atoms with E-state index in [1.807, 2.05) is 36.1 Å². The van der Waals surface area contributed by atoms with Gasteiger partial charge in [-0.15, -0.1) is 0 Å². The maximum atomic E-state index is 13.2. The van der Waals surface area contributed by atoms with E-state index in [0.29, 0.717) is 12.1 Å². The Balaban J connectivity index is 1.97. The van der Waals surface area contributed by atoms with E-state index in [1.54, 1.807) is 11.3 Å². The maximum Gasteiger partial charge on any atom is 0.260 e. The van der Waals surface area contributed by atoms with Crippen molar-refractivity contribution in [3.05, 3.63) is 59.2 Å². The largest absolute Gasteiger partial charge is 0.338 e. The summed E-state index contributed by atoms with van der Waals surface area (Å²) in [5.41, 5.74) is 4.11. The Bertz CT molecular complexity index is 899. The van der Waals surface area contributed by atoms with Crippen molar-refractivity contribution in [2.45, 2.75) is 20.3 Å². The predicted molar refractivity (Wildman–Crippen MR) is 110 cm³/mol. The molecule has 1 heterocycles. The number of nitrogens with zero attached hydrogens (tertiary/aromatic N) is 2. The quantitative estimate of drug-likeness (QED) is 0.726. The molecule has 1 amide bonds. The Morgan fingerprint density at radius 2 is 1.88 bits per heavy atom. The molecule has 26 heavy (non-hydrogen) atoms. The van der Waals surface area contributed by atoms with Gasteiger partial charge in [0.05, 0.1) is 37.4 Å². The predicted octanol–water partition coefficient (Wildman–Crippen LogP) is 2.96. The highest BCUT2D eigenvalue weighted by Gasteiger charge is 2.22. The molecule has 2 aromatic carbocycles. The minimum absolute atomic E-state index is 0.0148. The standard InChI is InChI=1S/C21H25N3OS/c1-5-16-8-11-18-19(14-16)26-21(22-18)24(13-12-23(3)4)20(25)17-9-6-15(2)7-10-17/h6-11,14H,5,12-13H2,1-4H3/p+1. The molecule has 3 aromatic rings. The second kappa shape index (κ2) is 7.98. The Labute approximate surface area is 159 Å². The van der Waals surface area contributed by atoms with Crippen LogP contribution in [-0.4, -0.2) is 38.1 Å². The summed E-state index contributed by atoms with van der Waals surface area (Å²) in [5.74, 6) is 0.0148. The number of aromatic nitrogens is 1. The lowest BCUT2D eigenvalue weighted by atomic mass is 10.1. The van der Waals surface area contributed by atoms with Gasteiger partial charge in [0, 0.05) is 5.56 Å². The molecule has 0 radical (unpaired) electrons. The van der Waals surface area contributed by atoms with Crippen molar-refractivity contribution in [1.82, 2.24) is 4.98 Å². The normalized spacial score (nSPS) is 11.3. The van der Waals surface area contributed by atoms with Crippen LogP contribution in [0.4, 0.5) is 5.13 Å². The maximum absolute atomic E-state index is 13.2. The van der Waals surface area contributed by atoms with Crippen LogP contribution >= 0.6 is 11.3 Å². The van der Waals surface area contributed by atoms with Gasteiger partial charge in [-0.05, 0) is 43.2 Å². The van der Waals surface area contributed by atoms with Crippen LogP contribution in [0.25, 0.3) is 10.2 Å². The number of aryl methyl sites for hydroxylation is 2. The molecule has 0 saturated heterocycles. The van der Waals surface area contributed by atoms with Crippen LogP contribution in [-0.2, 0) is 6.42 Å². The number of anilines is 1. The minimum atomic E-state index is 0.0148. The zero-order valence-electron chi connectivity index (χ0n) is 15.9. The van der Waals surface area contributed by atoms with Crippen molar-refractivity contribution in [1.29, 1.82) is 0 Å². The fraction of sp³-hybridized carbons (Fsp3) is 0.333. The zero-order valence-corrected chi connectivity index (χ0v) is 16.7.